The van der Waals surface area contributed by atoms with E-state index in [0.717, 1.165) is 6.20 Å². The topological polar surface area (TPSA) is 91.3 Å². The Kier molecular flexibility index (Phi) is 3.96. The summed E-state index contributed by atoms with van der Waals surface area (Å²) in [7, 11) is 0. The number of rotatable bonds is 3. The molecule has 20 heavy (non-hydrogen) atoms. The zero-order valence-corrected chi connectivity index (χ0v) is 11.8. The van der Waals surface area contributed by atoms with Gasteiger partial charge in [-0.05, 0) is 19.1 Å². The number of aromatic nitrogens is 1. The first kappa shape index (κ1) is 14.4. The molecule has 1 aromatic carbocycles. The van der Waals surface area contributed by atoms with Gasteiger partial charge in [0.05, 0.1) is 15.0 Å². The second kappa shape index (κ2) is 5.52. The van der Waals surface area contributed by atoms with Gasteiger partial charge in [-0.3, -0.25) is 10.1 Å². The van der Waals surface area contributed by atoms with E-state index in [2.05, 4.69) is 4.98 Å². The second-order valence-electron chi connectivity index (χ2n) is 3.99. The molecule has 1 heterocycles. The summed E-state index contributed by atoms with van der Waals surface area (Å²) in [5, 5.41) is 11.1. The zero-order valence-electron chi connectivity index (χ0n) is 10.3. The van der Waals surface area contributed by atoms with Crippen molar-refractivity contribution < 1.29 is 9.66 Å². The molecule has 8 heteroatoms. The molecular formula is C12H9Cl2N3O3. The summed E-state index contributed by atoms with van der Waals surface area (Å²) < 4.78 is 5.51. The van der Waals surface area contributed by atoms with Crippen LogP contribution < -0.4 is 10.5 Å². The fraction of sp³-hybridized carbons (Fsp3) is 0.0833. The van der Waals surface area contributed by atoms with E-state index in [9.17, 15) is 10.1 Å². The summed E-state index contributed by atoms with van der Waals surface area (Å²) in [6.45, 7) is 1.63. The predicted octanol–water partition coefficient (Wildman–Crippen LogP) is 3.98. The Balaban J connectivity index is 2.38. The van der Waals surface area contributed by atoms with Crippen molar-refractivity contribution in [2.75, 3.05) is 5.73 Å². The van der Waals surface area contributed by atoms with Crippen LogP contribution in [0.25, 0.3) is 0 Å². The van der Waals surface area contributed by atoms with Crippen molar-refractivity contribution in [3.05, 3.63) is 50.1 Å². The van der Waals surface area contributed by atoms with Crippen molar-refractivity contribution in [1.82, 2.24) is 4.98 Å². The van der Waals surface area contributed by atoms with E-state index in [1.807, 2.05) is 0 Å². The van der Waals surface area contributed by atoms with Gasteiger partial charge in [0, 0.05) is 17.3 Å². The number of hydrogen-bond donors (Lipinski definition) is 1. The molecule has 0 spiro atoms. The highest BCUT2D eigenvalue weighted by Crippen LogP contribution is 2.38. The van der Waals surface area contributed by atoms with Gasteiger partial charge in [0.25, 0.3) is 5.69 Å². The number of pyridine rings is 1. The van der Waals surface area contributed by atoms with Gasteiger partial charge >= 0.3 is 0 Å². The first-order valence-electron chi connectivity index (χ1n) is 5.42. The van der Waals surface area contributed by atoms with Gasteiger partial charge in [0.2, 0.25) is 5.88 Å². The van der Waals surface area contributed by atoms with E-state index < -0.39 is 4.92 Å². The van der Waals surface area contributed by atoms with Crippen LogP contribution >= 0.6 is 23.2 Å². The fourth-order valence-corrected chi connectivity index (χ4v) is 2.11. The molecule has 0 aliphatic heterocycles. The van der Waals surface area contributed by atoms with Gasteiger partial charge in [-0.1, -0.05) is 23.2 Å². The fourth-order valence-electron chi connectivity index (χ4n) is 1.53. The van der Waals surface area contributed by atoms with Crippen molar-refractivity contribution in [2.45, 2.75) is 6.92 Å². The Hall–Kier alpha value is -2.05. The molecule has 0 atom stereocenters. The normalized spacial score (nSPS) is 10.3. The van der Waals surface area contributed by atoms with Crippen molar-refractivity contribution in [3.8, 4) is 11.6 Å². The zero-order chi connectivity index (χ0) is 14.9. The first-order valence-corrected chi connectivity index (χ1v) is 6.17. The summed E-state index contributed by atoms with van der Waals surface area (Å²) in [6.07, 6.45) is 1.10. The van der Waals surface area contributed by atoms with Crippen LogP contribution in [0, 0.1) is 17.0 Å². The van der Waals surface area contributed by atoms with Crippen LogP contribution in [0.2, 0.25) is 10.0 Å². The number of halogens is 2. The Morgan fingerprint density at radius 3 is 2.40 bits per heavy atom. The molecule has 0 saturated carbocycles. The average molecular weight is 314 g/mol. The van der Waals surface area contributed by atoms with Crippen LogP contribution in [0.3, 0.4) is 0 Å². The molecule has 1 aromatic heterocycles. The Labute approximate surface area is 124 Å². The van der Waals surface area contributed by atoms with Gasteiger partial charge in [-0.2, -0.15) is 0 Å². The van der Waals surface area contributed by atoms with E-state index in [1.165, 1.54) is 18.2 Å². The Morgan fingerprint density at radius 2 is 1.90 bits per heavy atom. The monoisotopic (exact) mass is 313 g/mol. The molecule has 0 saturated heterocycles. The number of hydrogen-bond acceptors (Lipinski definition) is 5. The van der Waals surface area contributed by atoms with Crippen LogP contribution in [0.4, 0.5) is 11.4 Å². The lowest BCUT2D eigenvalue weighted by Crippen LogP contribution is -1.96. The Bertz CT molecular complexity index is 669. The molecule has 0 unspecified atom stereocenters. The number of nitrogen functional groups attached to an aromatic ring is 1. The number of benzene rings is 1. The Morgan fingerprint density at radius 1 is 1.30 bits per heavy atom. The number of nitrogens with zero attached hydrogens (tertiary/aromatic N) is 2. The minimum absolute atomic E-state index is 0.121. The highest BCUT2D eigenvalue weighted by molar-refractivity contribution is 6.37. The summed E-state index contributed by atoms with van der Waals surface area (Å²) in [5.74, 6) is 0.385. The minimum Gasteiger partial charge on any atom is -0.436 e. The van der Waals surface area contributed by atoms with Crippen molar-refractivity contribution in [3.63, 3.8) is 0 Å². The molecular weight excluding hydrogens is 305 g/mol. The number of anilines is 1. The van der Waals surface area contributed by atoms with Crippen LogP contribution in [-0.4, -0.2) is 9.91 Å². The third kappa shape index (κ3) is 2.92. The quantitative estimate of drug-likeness (QED) is 0.525. The molecule has 6 nitrogen and oxygen atoms in total. The lowest BCUT2D eigenvalue weighted by molar-refractivity contribution is -0.385. The smallest absolute Gasteiger partial charge is 0.288 e. The van der Waals surface area contributed by atoms with Crippen molar-refractivity contribution in [1.29, 1.82) is 0 Å². The van der Waals surface area contributed by atoms with Crippen LogP contribution in [0.5, 0.6) is 11.6 Å². The average Bonchev–Trinajstić information content (AvgIpc) is 2.34. The molecule has 0 aliphatic rings. The maximum absolute atomic E-state index is 10.6. The van der Waals surface area contributed by atoms with Crippen LogP contribution in [0.15, 0.2) is 24.4 Å². The number of aryl methyl sites for hydroxylation is 1. The maximum Gasteiger partial charge on any atom is 0.288 e. The second-order valence-corrected chi connectivity index (χ2v) is 4.80. The van der Waals surface area contributed by atoms with Crippen LogP contribution in [-0.2, 0) is 0 Å². The summed E-state index contributed by atoms with van der Waals surface area (Å²) >= 11 is 12.0. The standard InChI is InChI=1S/C12H9Cl2N3O3/c1-6-2-8(17(18)19)5-16-12(6)20-11-9(13)3-7(15)4-10(11)14/h2-5H,15H2,1H3. The molecule has 0 fully saturated rings. The minimum atomic E-state index is -0.535. The highest BCUT2D eigenvalue weighted by atomic mass is 35.5. The van der Waals surface area contributed by atoms with E-state index in [1.54, 1.807) is 6.92 Å². The predicted molar refractivity (Wildman–Crippen MR) is 76.6 cm³/mol. The van der Waals surface area contributed by atoms with E-state index in [4.69, 9.17) is 33.7 Å². The van der Waals surface area contributed by atoms with E-state index >= 15 is 0 Å². The van der Waals surface area contributed by atoms with E-state index in [0.29, 0.717) is 11.3 Å². The third-order valence-corrected chi connectivity index (χ3v) is 3.01. The summed E-state index contributed by atoms with van der Waals surface area (Å²) in [6, 6.07) is 4.33. The lowest BCUT2D eigenvalue weighted by Gasteiger charge is -2.11. The molecule has 2 N–H and O–H groups in total. The van der Waals surface area contributed by atoms with Crippen LogP contribution in [0.1, 0.15) is 5.56 Å². The molecule has 2 rings (SSSR count). The first-order chi connectivity index (χ1) is 9.38. The molecule has 2 aromatic rings. The molecule has 0 bridgehead atoms. The van der Waals surface area contributed by atoms with Gasteiger partial charge in [-0.25, -0.2) is 4.98 Å². The third-order valence-electron chi connectivity index (χ3n) is 2.45. The molecule has 0 aliphatic carbocycles. The van der Waals surface area contributed by atoms with Gasteiger partial charge in [-0.15, -0.1) is 0 Å². The molecule has 104 valence electrons. The SMILES string of the molecule is Cc1cc([N+](=O)[O-])cnc1Oc1c(Cl)cc(N)cc1Cl. The van der Waals surface area contributed by atoms with Gasteiger partial charge < -0.3 is 10.5 Å². The van der Waals surface area contributed by atoms with Gasteiger partial charge in [0.15, 0.2) is 5.75 Å². The summed E-state index contributed by atoms with van der Waals surface area (Å²) in [4.78, 5) is 14.0. The molecule has 0 radical (unpaired) electrons. The molecule has 0 amide bonds. The van der Waals surface area contributed by atoms with Crippen molar-refractivity contribution in [2.24, 2.45) is 0 Å². The summed E-state index contributed by atoms with van der Waals surface area (Å²) in [5.41, 5.74) is 6.36. The lowest BCUT2D eigenvalue weighted by atomic mass is 10.2. The maximum atomic E-state index is 10.6. The highest BCUT2D eigenvalue weighted by Gasteiger charge is 2.15. The number of nitro groups is 1. The van der Waals surface area contributed by atoms with Crippen molar-refractivity contribution >= 4 is 34.6 Å². The van der Waals surface area contributed by atoms with Gasteiger partial charge in [0.1, 0.15) is 6.20 Å². The number of nitrogens with two attached hydrogens (primary N) is 1. The van der Waals surface area contributed by atoms with E-state index in [-0.39, 0.29) is 27.4 Å². The number of ether oxygens (including phenoxy) is 1. The largest absolute Gasteiger partial charge is 0.436 e.